The molecule has 22 heteroatoms. The first kappa shape index (κ1) is 64.2. The van der Waals surface area contributed by atoms with Crippen LogP contribution in [0.2, 0.25) is 0 Å². The first-order chi connectivity index (χ1) is 37.7. The Labute approximate surface area is 472 Å². The molecular formula is C58H91N7O15. The number of aromatic nitrogens is 3. The Bertz CT molecular complexity index is 2430. The molecule has 3 aromatic rings. The number of alkyl carbamates (subject to hydrolysis) is 2. The minimum Gasteiger partial charge on any atom is -0.497 e. The first-order valence-corrected chi connectivity index (χ1v) is 28.0. The van der Waals surface area contributed by atoms with Crippen LogP contribution in [0.4, 0.5) is 9.59 Å². The Balaban J connectivity index is 1.30. The van der Waals surface area contributed by atoms with E-state index in [-0.39, 0.29) is 50.4 Å². The van der Waals surface area contributed by atoms with Gasteiger partial charge in [0.2, 0.25) is 0 Å². The molecule has 0 saturated carbocycles. The number of aliphatic hydroxyl groups is 3. The van der Waals surface area contributed by atoms with Crippen molar-refractivity contribution in [2.45, 2.75) is 205 Å². The van der Waals surface area contributed by atoms with Gasteiger partial charge in [-0.25, -0.2) is 14.3 Å². The second-order valence-corrected chi connectivity index (χ2v) is 23.4. The molecular weight excluding hydrogens is 1030 g/mol. The number of nitrogens with zero attached hydrogens (tertiary/aromatic N) is 5. The molecule has 4 heterocycles. The molecule has 18 atom stereocenters. The summed E-state index contributed by atoms with van der Waals surface area (Å²) in [7, 11) is 8.64. The zero-order chi connectivity index (χ0) is 58.9. The molecule has 3 aliphatic heterocycles. The lowest BCUT2D eigenvalue weighted by Crippen LogP contribution is -2.61. The molecule has 80 heavy (non-hydrogen) atoms. The molecule has 3 fully saturated rings. The number of hydrogen-bond donors (Lipinski definition) is 5. The number of methoxy groups -OCH3 is 2. The molecule has 3 aliphatic rings. The van der Waals surface area contributed by atoms with E-state index in [1.54, 1.807) is 71.7 Å². The van der Waals surface area contributed by atoms with Crippen LogP contribution >= 0.6 is 0 Å². The number of cyclic esters (lactones) is 1. The molecule has 0 radical (unpaired) electrons. The van der Waals surface area contributed by atoms with E-state index in [4.69, 9.17) is 42.6 Å². The number of nitrogens with one attached hydrogen (secondary N) is 2. The smallest absolute Gasteiger partial charge is 0.407 e. The van der Waals surface area contributed by atoms with Crippen molar-refractivity contribution in [3.8, 4) is 5.75 Å². The standard InChI is InChI=1S/C58H91N7O15/c1-16-45-58(10,71)50(79-54(68)59-29-40-22-24-43(72-14)25-23-40)38(6)64(13)31-34(2)27-56(8,70)49(78-53-47(66)44(63(11)12)26-35(3)74-53)36(4)48(37(5)52(67)76-45)77-46-28-57(9,73-15)51(39(7)75-46)80-55(69)60-30-42-33-65(62-61-42)32-41-20-18-17-19-21-41/h17-25,33-39,44-51,53,66,70-71H,16,26-32H2,1-15H3,(H,59,68)(H,60,69)/t34-,35-,36+,37-,38+,39+,44+,45+,46+,47-,48-,49-,50+,51+,53+,56-,57-,58-/m1/s1. The maximum Gasteiger partial charge on any atom is 0.407 e. The molecule has 0 bridgehead atoms. The molecule has 22 nitrogen and oxygen atoms in total. The fourth-order valence-electron chi connectivity index (χ4n) is 11.8. The molecule has 2 aromatic carbocycles. The van der Waals surface area contributed by atoms with E-state index < -0.39 is 108 Å². The van der Waals surface area contributed by atoms with Crippen molar-refractivity contribution < 1.29 is 72.3 Å². The van der Waals surface area contributed by atoms with Crippen molar-refractivity contribution in [2.75, 3.05) is 41.9 Å². The second-order valence-electron chi connectivity index (χ2n) is 23.4. The number of aliphatic hydroxyl groups excluding tert-OH is 1. The summed E-state index contributed by atoms with van der Waals surface area (Å²) >= 11 is 0. The normalized spacial score (nSPS) is 36.0. The summed E-state index contributed by atoms with van der Waals surface area (Å²) in [5, 5.41) is 51.5. The van der Waals surface area contributed by atoms with Crippen LogP contribution in [0.1, 0.15) is 112 Å². The van der Waals surface area contributed by atoms with Gasteiger partial charge in [0.15, 0.2) is 24.8 Å². The van der Waals surface area contributed by atoms with Gasteiger partial charge in [-0.05, 0) is 118 Å². The van der Waals surface area contributed by atoms with Crippen LogP contribution in [0, 0.1) is 17.8 Å². The Morgan fingerprint density at radius 3 is 2.12 bits per heavy atom. The Kier molecular flexibility index (Phi) is 22.3. The number of amides is 2. The largest absolute Gasteiger partial charge is 0.497 e. The van der Waals surface area contributed by atoms with Gasteiger partial charge in [-0.3, -0.25) is 9.69 Å². The minimum absolute atomic E-state index is 0.00604. The number of carbonyl (C=O) groups is 3. The third kappa shape index (κ3) is 16.2. The highest BCUT2D eigenvalue weighted by Crippen LogP contribution is 2.41. The van der Waals surface area contributed by atoms with E-state index in [1.807, 2.05) is 94.2 Å². The SMILES string of the molecule is CC[C@@H]1OC(=O)[C@H](C)[C@H](O[C@H]2C[C@@](C)(OC)[C@@H](OC(=O)NCc3cn(Cc4ccccc4)nn3)[C@H](C)O2)[C@H](C)[C@@H](O[C@@H]2O[C@H](C)C[C@H](N(C)C)[C@H]2O)[C@](C)(O)C[C@@H](C)CN(C)[C@@H](C)[C@H](OC(=O)NCc2ccc(OC)cc2)[C@]1(C)O. The average molecular weight is 1130 g/mol. The van der Waals surface area contributed by atoms with E-state index in [9.17, 15) is 24.9 Å². The van der Waals surface area contributed by atoms with Gasteiger partial charge in [-0.15, -0.1) is 5.10 Å². The van der Waals surface area contributed by atoms with Gasteiger partial charge in [0.1, 0.15) is 34.9 Å². The predicted octanol–water partition coefficient (Wildman–Crippen LogP) is 5.42. The van der Waals surface area contributed by atoms with Crippen LogP contribution in [-0.2, 0) is 62.3 Å². The Hall–Kier alpha value is -5.01. The summed E-state index contributed by atoms with van der Waals surface area (Å²) in [4.78, 5) is 46.1. The fraction of sp³-hybridized carbons (Fsp3) is 0.707. The summed E-state index contributed by atoms with van der Waals surface area (Å²) < 4.78 is 58.4. The van der Waals surface area contributed by atoms with Crippen molar-refractivity contribution >= 4 is 18.2 Å². The van der Waals surface area contributed by atoms with Crippen molar-refractivity contribution in [2.24, 2.45) is 17.8 Å². The fourth-order valence-corrected chi connectivity index (χ4v) is 11.8. The van der Waals surface area contributed by atoms with Crippen LogP contribution in [0.5, 0.6) is 5.75 Å². The van der Waals surface area contributed by atoms with Crippen LogP contribution in [0.15, 0.2) is 60.8 Å². The van der Waals surface area contributed by atoms with Gasteiger partial charge in [-0.2, -0.15) is 0 Å². The van der Waals surface area contributed by atoms with Crippen LogP contribution in [0.25, 0.3) is 0 Å². The number of likely N-dealkylation sites (N-methyl/N-ethyl adjacent to an activating group) is 2. The van der Waals surface area contributed by atoms with Gasteiger partial charge in [0.25, 0.3) is 0 Å². The molecule has 0 spiro atoms. The van der Waals surface area contributed by atoms with Crippen LogP contribution in [-0.4, -0.2) is 190 Å². The zero-order valence-electron chi connectivity index (χ0n) is 49.6. The number of esters is 1. The maximum atomic E-state index is 15.0. The lowest BCUT2D eigenvalue weighted by molar-refractivity contribution is -0.317. The van der Waals surface area contributed by atoms with Crippen molar-refractivity contribution in [3.63, 3.8) is 0 Å². The molecule has 2 amide bonds. The highest BCUT2D eigenvalue weighted by Gasteiger charge is 2.54. The van der Waals surface area contributed by atoms with E-state index in [0.29, 0.717) is 31.0 Å². The third-order valence-electron chi connectivity index (χ3n) is 16.4. The van der Waals surface area contributed by atoms with E-state index in [2.05, 4.69) is 20.9 Å². The maximum absolute atomic E-state index is 15.0. The van der Waals surface area contributed by atoms with Gasteiger partial charge >= 0.3 is 18.2 Å². The number of carbonyl (C=O) groups excluding carboxylic acids is 3. The lowest BCUT2D eigenvalue weighted by atomic mass is 9.77. The minimum atomic E-state index is -1.96. The summed E-state index contributed by atoms with van der Waals surface area (Å²) in [6.07, 6.45) is -9.35. The average Bonchev–Trinajstić information content (AvgIpc) is 3.91. The molecule has 1 aromatic heterocycles. The highest BCUT2D eigenvalue weighted by molar-refractivity contribution is 5.73. The number of hydrogen-bond acceptors (Lipinski definition) is 19. The van der Waals surface area contributed by atoms with Crippen molar-refractivity contribution in [1.29, 1.82) is 0 Å². The Morgan fingerprint density at radius 2 is 1.50 bits per heavy atom. The topological polar surface area (TPSA) is 256 Å². The Morgan fingerprint density at radius 1 is 0.850 bits per heavy atom. The number of rotatable bonds is 16. The van der Waals surface area contributed by atoms with Crippen LogP contribution in [0.3, 0.4) is 0 Å². The summed E-state index contributed by atoms with van der Waals surface area (Å²) in [6, 6.07) is 16.0. The number of ether oxygens (including phenoxy) is 9. The molecule has 448 valence electrons. The molecule has 6 rings (SSSR count). The van der Waals surface area contributed by atoms with Gasteiger partial charge in [0, 0.05) is 44.6 Å². The first-order valence-electron chi connectivity index (χ1n) is 28.0. The summed E-state index contributed by atoms with van der Waals surface area (Å²) in [5.41, 5.74) is -2.50. The molecule has 5 N–H and O–H groups in total. The third-order valence-corrected chi connectivity index (χ3v) is 16.4. The lowest BCUT2D eigenvalue weighted by Gasteiger charge is -2.49. The van der Waals surface area contributed by atoms with Crippen LogP contribution < -0.4 is 15.4 Å². The molecule has 0 aliphatic carbocycles. The summed E-state index contributed by atoms with van der Waals surface area (Å²) in [5.74, 6) is -2.42. The van der Waals surface area contributed by atoms with Gasteiger partial charge in [0.05, 0.1) is 62.3 Å². The van der Waals surface area contributed by atoms with E-state index >= 15 is 4.79 Å². The molecule has 3 saturated heterocycles. The van der Waals surface area contributed by atoms with Crippen molar-refractivity contribution in [3.05, 3.63) is 77.6 Å². The molecule has 0 unspecified atom stereocenters. The van der Waals surface area contributed by atoms with Crippen molar-refractivity contribution in [1.82, 2.24) is 35.4 Å². The second kappa shape index (κ2) is 27.8. The van der Waals surface area contributed by atoms with Gasteiger partial charge < -0.3 is 73.5 Å². The van der Waals surface area contributed by atoms with E-state index in [0.717, 1.165) is 11.1 Å². The monoisotopic (exact) mass is 1130 g/mol. The number of benzene rings is 2. The summed E-state index contributed by atoms with van der Waals surface area (Å²) in [6.45, 7) is 18.6. The zero-order valence-corrected chi connectivity index (χ0v) is 49.6. The van der Waals surface area contributed by atoms with Gasteiger partial charge in [-0.1, -0.05) is 68.4 Å². The van der Waals surface area contributed by atoms with E-state index in [1.165, 1.54) is 14.0 Å². The predicted molar refractivity (Wildman–Crippen MR) is 295 cm³/mol. The quantitative estimate of drug-likeness (QED) is 0.0887. The highest BCUT2D eigenvalue weighted by atomic mass is 16.7.